The summed E-state index contributed by atoms with van der Waals surface area (Å²) in [5, 5.41) is 0. The fraction of sp³-hybridized carbons (Fsp3) is 0.900. The zero-order valence-electron chi connectivity index (χ0n) is 9.17. The van der Waals surface area contributed by atoms with Gasteiger partial charge in [0.2, 0.25) is 0 Å². The van der Waals surface area contributed by atoms with Crippen molar-refractivity contribution in [3.05, 3.63) is 0 Å². The lowest BCUT2D eigenvalue weighted by atomic mass is 10.1. The molecule has 0 rings (SSSR count). The predicted molar refractivity (Wildman–Crippen MR) is 53.9 cm³/mol. The highest BCUT2D eigenvalue weighted by atomic mass is 16.5. The van der Waals surface area contributed by atoms with Crippen LogP contribution in [0.3, 0.4) is 0 Å². The molecule has 0 aliphatic rings. The van der Waals surface area contributed by atoms with E-state index in [4.69, 9.17) is 4.74 Å². The monoisotopic (exact) mass is 187 g/mol. The van der Waals surface area contributed by atoms with Gasteiger partial charge in [-0.3, -0.25) is 4.79 Å². The molecule has 78 valence electrons. The van der Waals surface area contributed by atoms with Gasteiger partial charge in [-0.15, -0.1) is 0 Å². The summed E-state index contributed by atoms with van der Waals surface area (Å²) in [5.41, 5.74) is 0. The molecule has 1 atom stereocenters. The van der Waals surface area contributed by atoms with E-state index >= 15 is 0 Å². The summed E-state index contributed by atoms with van der Waals surface area (Å²) >= 11 is 0. The van der Waals surface area contributed by atoms with Crippen LogP contribution in [0.1, 0.15) is 26.7 Å². The van der Waals surface area contributed by atoms with Gasteiger partial charge in [-0.2, -0.15) is 0 Å². The summed E-state index contributed by atoms with van der Waals surface area (Å²) in [6.45, 7) is 5.30. The number of ether oxygens (including phenoxy) is 1. The Morgan fingerprint density at radius 3 is 2.54 bits per heavy atom. The highest BCUT2D eigenvalue weighted by molar-refractivity contribution is 5.82. The van der Waals surface area contributed by atoms with Gasteiger partial charge in [-0.1, -0.05) is 0 Å². The molecule has 0 aromatic heterocycles. The highest BCUT2D eigenvalue weighted by Crippen LogP contribution is 2.00. The van der Waals surface area contributed by atoms with Gasteiger partial charge in [0.1, 0.15) is 6.10 Å². The Morgan fingerprint density at radius 2 is 2.08 bits per heavy atom. The molecule has 0 radical (unpaired) electrons. The van der Waals surface area contributed by atoms with Crippen LogP contribution >= 0.6 is 0 Å². The summed E-state index contributed by atoms with van der Waals surface area (Å²) < 4.78 is 5.20. The third kappa shape index (κ3) is 6.72. The molecule has 0 heterocycles. The Labute approximate surface area is 81.1 Å². The van der Waals surface area contributed by atoms with Gasteiger partial charge in [0, 0.05) is 13.0 Å². The van der Waals surface area contributed by atoms with E-state index in [0.29, 0.717) is 13.0 Å². The van der Waals surface area contributed by atoms with Gasteiger partial charge in [-0.25, -0.2) is 0 Å². The van der Waals surface area contributed by atoms with Crippen LogP contribution in [0.2, 0.25) is 0 Å². The van der Waals surface area contributed by atoms with Crippen molar-refractivity contribution in [3.8, 4) is 0 Å². The number of ketones is 1. The van der Waals surface area contributed by atoms with Gasteiger partial charge in [0.15, 0.2) is 5.78 Å². The lowest BCUT2D eigenvalue weighted by Crippen LogP contribution is -2.22. The van der Waals surface area contributed by atoms with Crippen molar-refractivity contribution in [2.75, 3.05) is 27.2 Å². The first-order chi connectivity index (χ1) is 6.07. The maximum absolute atomic E-state index is 11.4. The molecule has 3 nitrogen and oxygen atoms in total. The topological polar surface area (TPSA) is 29.5 Å². The van der Waals surface area contributed by atoms with E-state index in [2.05, 4.69) is 4.90 Å². The number of carbonyl (C=O) groups is 1. The van der Waals surface area contributed by atoms with E-state index in [1.54, 1.807) is 0 Å². The predicted octanol–water partition coefficient (Wildman–Crippen LogP) is 1.32. The number of nitrogens with zero attached hydrogens (tertiary/aromatic N) is 1. The van der Waals surface area contributed by atoms with Crippen molar-refractivity contribution in [1.82, 2.24) is 4.90 Å². The Kier molecular flexibility index (Phi) is 6.82. The quantitative estimate of drug-likeness (QED) is 0.602. The van der Waals surface area contributed by atoms with Crippen LogP contribution < -0.4 is 0 Å². The van der Waals surface area contributed by atoms with Crippen LogP contribution in [-0.2, 0) is 9.53 Å². The average molecular weight is 187 g/mol. The molecule has 13 heavy (non-hydrogen) atoms. The van der Waals surface area contributed by atoms with Gasteiger partial charge in [-0.05, 0) is 40.9 Å². The molecular weight excluding hydrogens is 166 g/mol. The second-order valence-electron chi connectivity index (χ2n) is 3.47. The zero-order chi connectivity index (χ0) is 10.3. The van der Waals surface area contributed by atoms with E-state index in [-0.39, 0.29) is 11.9 Å². The minimum Gasteiger partial charge on any atom is -0.371 e. The van der Waals surface area contributed by atoms with Crippen molar-refractivity contribution >= 4 is 5.78 Å². The molecule has 0 amide bonds. The van der Waals surface area contributed by atoms with E-state index in [9.17, 15) is 4.79 Å². The molecule has 0 N–H and O–H groups in total. The number of rotatable bonds is 7. The molecule has 0 aliphatic heterocycles. The lowest BCUT2D eigenvalue weighted by molar-refractivity contribution is -0.129. The van der Waals surface area contributed by atoms with Crippen LogP contribution in [-0.4, -0.2) is 44.0 Å². The second-order valence-corrected chi connectivity index (χ2v) is 3.47. The van der Waals surface area contributed by atoms with Crippen LogP contribution in [0.5, 0.6) is 0 Å². The number of carbonyl (C=O) groups excluding carboxylic acids is 1. The molecule has 0 aliphatic carbocycles. The molecule has 0 spiro atoms. The molecule has 3 heteroatoms. The summed E-state index contributed by atoms with van der Waals surface area (Å²) in [6, 6.07) is 0. The fourth-order valence-electron chi connectivity index (χ4n) is 1.12. The van der Waals surface area contributed by atoms with Crippen LogP contribution in [0.25, 0.3) is 0 Å². The maximum atomic E-state index is 11.4. The second kappa shape index (κ2) is 7.04. The first-order valence-corrected chi connectivity index (χ1v) is 4.87. The van der Waals surface area contributed by atoms with Gasteiger partial charge >= 0.3 is 0 Å². The largest absolute Gasteiger partial charge is 0.371 e. The summed E-state index contributed by atoms with van der Waals surface area (Å²) in [6.07, 6.45) is 1.31. The Morgan fingerprint density at radius 1 is 1.46 bits per heavy atom. The van der Waals surface area contributed by atoms with E-state index in [0.717, 1.165) is 13.0 Å². The molecule has 0 fully saturated rings. The Balaban J connectivity index is 3.50. The number of hydrogen-bond donors (Lipinski definition) is 0. The Bertz CT molecular complexity index is 146. The third-order valence-electron chi connectivity index (χ3n) is 1.90. The molecule has 0 aromatic carbocycles. The smallest absolute Gasteiger partial charge is 0.161 e. The average Bonchev–Trinajstić information content (AvgIpc) is 2.04. The molecular formula is C10H21NO2. The first-order valence-electron chi connectivity index (χ1n) is 4.87. The van der Waals surface area contributed by atoms with Crippen molar-refractivity contribution in [3.63, 3.8) is 0 Å². The van der Waals surface area contributed by atoms with Gasteiger partial charge in [0.05, 0.1) is 0 Å². The minimum absolute atomic E-state index is 0.212. The van der Waals surface area contributed by atoms with Gasteiger partial charge in [0.25, 0.3) is 0 Å². The summed E-state index contributed by atoms with van der Waals surface area (Å²) in [5.74, 6) is 0.212. The van der Waals surface area contributed by atoms with E-state index in [1.165, 1.54) is 0 Å². The van der Waals surface area contributed by atoms with Crippen molar-refractivity contribution in [1.29, 1.82) is 0 Å². The summed E-state index contributed by atoms with van der Waals surface area (Å²) in [7, 11) is 4.02. The molecule has 0 aromatic rings. The van der Waals surface area contributed by atoms with Crippen LogP contribution in [0.15, 0.2) is 0 Å². The molecule has 0 bridgehead atoms. The van der Waals surface area contributed by atoms with Crippen molar-refractivity contribution in [2.24, 2.45) is 0 Å². The number of hydrogen-bond acceptors (Lipinski definition) is 3. The molecule has 1 unspecified atom stereocenters. The SMILES string of the molecule is CCOC(C)C(=O)CCCN(C)C. The molecule has 0 saturated heterocycles. The zero-order valence-corrected chi connectivity index (χ0v) is 9.17. The summed E-state index contributed by atoms with van der Waals surface area (Å²) in [4.78, 5) is 13.5. The van der Waals surface area contributed by atoms with E-state index < -0.39 is 0 Å². The fourth-order valence-corrected chi connectivity index (χ4v) is 1.12. The minimum atomic E-state index is -0.229. The third-order valence-corrected chi connectivity index (χ3v) is 1.90. The van der Waals surface area contributed by atoms with Crippen molar-refractivity contribution in [2.45, 2.75) is 32.8 Å². The van der Waals surface area contributed by atoms with Crippen LogP contribution in [0.4, 0.5) is 0 Å². The lowest BCUT2D eigenvalue weighted by Gasteiger charge is -2.12. The highest BCUT2D eigenvalue weighted by Gasteiger charge is 2.11. The number of Topliss-reactive ketones (excluding diaryl/α,β-unsaturated/α-hetero) is 1. The van der Waals surface area contributed by atoms with E-state index in [1.807, 2.05) is 27.9 Å². The standard InChI is InChI=1S/C10H21NO2/c1-5-13-9(2)10(12)7-6-8-11(3)4/h9H,5-8H2,1-4H3. The van der Waals surface area contributed by atoms with Gasteiger partial charge < -0.3 is 9.64 Å². The van der Waals surface area contributed by atoms with Crippen molar-refractivity contribution < 1.29 is 9.53 Å². The molecule has 0 saturated carbocycles. The Hall–Kier alpha value is -0.410. The maximum Gasteiger partial charge on any atom is 0.161 e. The first kappa shape index (κ1) is 12.6. The normalized spacial score (nSPS) is 13.3. The van der Waals surface area contributed by atoms with Crippen LogP contribution in [0, 0.1) is 0 Å².